The number of hydrogen-bond donors (Lipinski definition) is 0. The van der Waals surface area contributed by atoms with Crippen molar-refractivity contribution in [2.24, 2.45) is 5.92 Å². The topological polar surface area (TPSA) is 26.8 Å². The maximum atomic E-state index is 11.2. The number of amides is 1. The number of carbonyl (C=O) groups excluding carboxylic acids is 1. The SMILES string of the molecule is CN1CCC(CN2CCN(C(=O)I)CC2)CC1. The van der Waals surface area contributed by atoms with Crippen LogP contribution in [-0.4, -0.2) is 71.5 Å². The summed E-state index contributed by atoms with van der Waals surface area (Å²) >= 11 is 1.89. The van der Waals surface area contributed by atoms with E-state index in [0.717, 1.165) is 32.1 Å². The van der Waals surface area contributed by atoms with Gasteiger partial charge in [0.15, 0.2) is 0 Å². The number of piperazine rings is 1. The predicted molar refractivity (Wildman–Crippen MR) is 77.7 cm³/mol. The van der Waals surface area contributed by atoms with Crippen molar-refractivity contribution in [1.82, 2.24) is 14.7 Å². The molecule has 1 amide bonds. The van der Waals surface area contributed by atoms with Crippen LogP contribution in [0.15, 0.2) is 0 Å². The van der Waals surface area contributed by atoms with E-state index in [-0.39, 0.29) is 3.91 Å². The van der Waals surface area contributed by atoms with Crippen LogP contribution in [-0.2, 0) is 0 Å². The summed E-state index contributed by atoms with van der Waals surface area (Å²) in [5, 5.41) is 0. The molecule has 0 aliphatic carbocycles. The van der Waals surface area contributed by atoms with E-state index in [1.165, 1.54) is 32.5 Å². The third-order valence-electron chi connectivity index (χ3n) is 3.98. The molecular weight excluding hydrogens is 329 g/mol. The van der Waals surface area contributed by atoms with E-state index in [4.69, 9.17) is 0 Å². The molecule has 2 saturated heterocycles. The van der Waals surface area contributed by atoms with Crippen LogP contribution in [0.2, 0.25) is 0 Å². The van der Waals surface area contributed by atoms with Gasteiger partial charge in [-0.05, 0) is 38.9 Å². The van der Waals surface area contributed by atoms with Crippen LogP contribution in [0.3, 0.4) is 0 Å². The molecule has 5 heteroatoms. The van der Waals surface area contributed by atoms with E-state index in [9.17, 15) is 4.79 Å². The molecule has 2 heterocycles. The molecule has 0 atom stereocenters. The number of likely N-dealkylation sites (tertiary alicyclic amines) is 1. The molecule has 0 aromatic rings. The maximum Gasteiger partial charge on any atom is 0.283 e. The highest BCUT2D eigenvalue weighted by Gasteiger charge is 2.23. The molecule has 2 aliphatic heterocycles. The Kier molecular flexibility index (Phi) is 5.05. The van der Waals surface area contributed by atoms with Gasteiger partial charge in [0.25, 0.3) is 3.91 Å². The molecule has 17 heavy (non-hydrogen) atoms. The van der Waals surface area contributed by atoms with Crippen molar-refractivity contribution in [3.05, 3.63) is 0 Å². The van der Waals surface area contributed by atoms with E-state index in [1.807, 2.05) is 27.5 Å². The Hall–Kier alpha value is 0.120. The second-order valence-electron chi connectivity index (χ2n) is 5.29. The quantitative estimate of drug-likeness (QED) is 0.429. The minimum atomic E-state index is 0.196. The molecule has 0 radical (unpaired) electrons. The van der Waals surface area contributed by atoms with Gasteiger partial charge in [0, 0.05) is 55.3 Å². The highest BCUT2D eigenvalue weighted by Crippen LogP contribution is 2.18. The van der Waals surface area contributed by atoms with E-state index >= 15 is 0 Å². The van der Waals surface area contributed by atoms with Crippen molar-refractivity contribution < 1.29 is 4.79 Å². The first-order valence-corrected chi connectivity index (χ1v) is 7.58. The van der Waals surface area contributed by atoms with Crippen LogP contribution in [0.5, 0.6) is 0 Å². The maximum absolute atomic E-state index is 11.2. The molecular formula is C12H22IN3O. The van der Waals surface area contributed by atoms with Gasteiger partial charge in [-0.25, -0.2) is 0 Å². The average molecular weight is 351 g/mol. The zero-order valence-corrected chi connectivity index (χ0v) is 12.7. The highest BCUT2D eigenvalue weighted by molar-refractivity contribution is 14.1. The van der Waals surface area contributed by atoms with Crippen LogP contribution in [0, 0.1) is 5.92 Å². The average Bonchev–Trinajstić information content (AvgIpc) is 2.33. The van der Waals surface area contributed by atoms with Crippen LogP contribution in [0.4, 0.5) is 4.79 Å². The van der Waals surface area contributed by atoms with Gasteiger partial charge in [-0.15, -0.1) is 0 Å². The second-order valence-corrected chi connectivity index (χ2v) is 6.21. The summed E-state index contributed by atoms with van der Waals surface area (Å²) in [5.41, 5.74) is 0. The standard InChI is InChI=1S/C12H22IN3O/c1-14-4-2-11(3-5-14)10-15-6-8-16(9-7-15)12(13)17/h11H,2-10H2,1H3. The van der Waals surface area contributed by atoms with E-state index in [2.05, 4.69) is 16.8 Å². The monoisotopic (exact) mass is 351 g/mol. The van der Waals surface area contributed by atoms with Crippen molar-refractivity contribution in [3.63, 3.8) is 0 Å². The van der Waals surface area contributed by atoms with Crippen molar-refractivity contribution in [2.75, 3.05) is 52.9 Å². The minimum absolute atomic E-state index is 0.196. The fourth-order valence-corrected chi connectivity index (χ4v) is 3.20. The van der Waals surface area contributed by atoms with Crippen molar-refractivity contribution in [1.29, 1.82) is 0 Å². The fourth-order valence-electron chi connectivity index (χ4n) is 2.72. The third-order valence-corrected chi connectivity index (χ3v) is 4.66. The Labute approximate surface area is 117 Å². The summed E-state index contributed by atoms with van der Waals surface area (Å²) in [4.78, 5) is 18.1. The van der Waals surface area contributed by atoms with Gasteiger partial charge in [0.05, 0.1) is 0 Å². The van der Waals surface area contributed by atoms with Crippen molar-refractivity contribution >= 4 is 26.5 Å². The molecule has 0 spiro atoms. The summed E-state index contributed by atoms with van der Waals surface area (Å²) in [7, 11) is 2.21. The van der Waals surface area contributed by atoms with Gasteiger partial charge in [-0.3, -0.25) is 9.69 Å². The number of hydrogen-bond acceptors (Lipinski definition) is 3. The smallest absolute Gasteiger partial charge is 0.283 e. The first-order chi connectivity index (χ1) is 8.15. The van der Waals surface area contributed by atoms with E-state index in [1.54, 1.807) is 0 Å². The molecule has 0 aromatic heterocycles. The lowest BCUT2D eigenvalue weighted by molar-refractivity contribution is 0.117. The Morgan fingerprint density at radius 1 is 1.12 bits per heavy atom. The van der Waals surface area contributed by atoms with E-state index < -0.39 is 0 Å². The van der Waals surface area contributed by atoms with Gasteiger partial charge in [-0.2, -0.15) is 0 Å². The Balaban J connectivity index is 1.69. The number of carbonyl (C=O) groups is 1. The Morgan fingerprint density at radius 2 is 1.71 bits per heavy atom. The molecule has 2 fully saturated rings. The zero-order valence-electron chi connectivity index (χ0n) is 10.6. The molecule has 98 valence electrons. The largest absolute Gasteiger partial charge is 0.332 e. The lowest BCUT2D eigenvalue weighted by Gasteiger charge is -2.37. The van der Waals surface area contributed by atoms with Crippen molar-refractivity contribution in [2.45, 2.75) is 12.8 Å². The Bertz CT molecular complexity index is 258. The van der Waals surface area contributed by atoms with Gasteiger partial charge >= 0.3 is 0 Å². The third kappa shape index (κ3) is 4.06. The second kappa shape index (κ2) is 6.33. The molecule has 4 nitrogen and oxygen atoms in total. The van der Waals surface area contributed by atoms with E-state index in [0.29, 0.717) is 0 Å². The first kappa shape index (κ1) is 13.5. The number of rotatable bonds is 2. The minimum Gasteiger partial charge on any atom is -0.332 e. The van der Waals surface area contributed by atoms with Crippen LogP contribution >= 0.6 is 22.6 Å². The van der Waals surface area contributed by atoms with Crippen LogP contribution < -0.4 is 0 Å². The number of piperidine rings is 1. The molecule has 0 bridgehead atoms. The predicted octanol–water partition coefficient (Wildman–Crippen LogP) is 1.50. The van der Waals surface area contributed by atoms with Gasteiger partial charge in [0.2, 0.25) is 0 Å². The Morgan fingerprint density at radius 3 is 2.24 bits per heavy atom. The summed E-state index contributed by atoms with van der Waals surface area (Å²) in [5.74, 6) is 0.869. The molecule has 0 saturated carbocycles. The zero-order chi connectivity index (χ0) is 12.3. The summed E-state index contributed by atoms with van der Waals surface area (Å²) in [6.07, 6.45) is 2.67. The summed E-state index contributed by atoms with van der Waals surface area (Å²) in [6.45, 7) is 7.66. The summed E-state index contributed by atoms with van der Waals surface area (Å²) < 4.78 is 0.196. The number of nitrogens with zero attached hydrogens (tertiary/aromatic N) is 3. The van der Waals surface area contributed by atoms with Gasteiger partial charge in [0.1, 0.15) is 0 Å². The van der Waals surface area contributed by atoms with Gasteiger partial charge in [-0.1, -0.05) is 0 Å². The first-order valence-electron chi connectivity index (χ1n) is 6.50. The molecule has 2 aliphatic rings. The molecule has 2 rings (SSSR count). The highest BCUT2D eigenvalue weighted by atomic mass is 127. The van der Waals surface area contributed by atoms with Gasteiger partial charge < -0.3 is 9.80 Å². The molecule has 0 N–H and O–H groups in total. The van der Waals surface area contributed by atoms with Crippen LogP contribution in [0.1, 0.15) is 12.8 Å². The van der Waals surface area contributed by atoms with Crippen molar-refractivity contribution in [3.8, 4) is 0 Å². The lowest BCUT2D eigenvalue weighted by Crippen LogP contribution is -2.49. The normalized spacial score (nSPS) is 25.2. The molecule has 0 unspecified atom stereocenters. The fraction of sp³-hybridized carbons (Fsp3) is 0.917. The summed E-state index contributed by atoms with van der Waals surface area (Å²) in [6, 6.07) is 0. The lowest BCUT2D eigenvalue weighted by atomic mass is 9.96. The molecule has 0 aromatic carbocycles. The van der Waals surface area contributed by atoms with Crippen LogP contribution in [0.25, 0.3) is 0 Å². The number of halogens is 1.